The molecule has 1 amide bonds. The lowest BCUT2D eigenvalue weighted by Crippen LogP contribution is -2.43. The number of hydrogen-bond acceptors (Lipinski definition) is 8. The molecule has 52 heavy (non-hydrogen) atoms. The first-order valence-corrected chi connectivity index (χ1v) is 18.4. The van der Waals surface area contributed by atoms with Gasteiger partial charge in [0.2, 0.25) is 5.96 Å². The molecule has 0 saturated heterocycles. The van der Waals surface area contributed by atoms with Crippen LogP contribution in [0.3, 0.4) is 0 Å². The highest BCUT2D eigenvalue weighted by Gasteiger charge is 2.33. The van der Waals surface area contributed by atoms with E-state index in [0.29, 0.717) is 29.0 Å². The lowest BCUT2D eigenvalue weighted by atomic mass is 9.88. The molecule has 276 valence electrons. The molecule has 0 bridgehead atoms. The number of aliphatic imine (C=N–C) groups is 1. The molecule has 0 saturated carbocycles. The second-order valence-corrected chi connectivity index (χ2v) is 15.2. The maximum atomic E-state index is 13.5. The van der Waals surface area contributed by atoms with Crippen LogP contribution in [0.4, 0.5) is 0 Å². The molecule has 1 aliphatic rings. The van der Waals surface area contributed by atoms with Crippen LogP contribution in [0.25, 0.3) is 10.8 Å². The predicted octanol–water partition coefficient (Wildman–Crippen LogP) is 4.34. The van der Waals surface area contributed by atoms with E-state index in [0.717, 1.165) is 33.9 Å². The molecule has 5 rings (SSSR count). The Balaban J connectivity index is 1.23. The third kappa shape index (κ3) is 8.07. The number of nitrogens with zero attached hydrogens (tertiary/aromatic N) is 2. The summed E-state index contributed by atoms with van der Waals surface area (Å²) in [6, 6.07) is 13.1. The minimum absolute atomic E-state index is 0.0240. The van der Waals surface area contributed by atoms with Crippen molar-refractivity contribution in [2.75, 3.05) is 13.7 Å². The summed E-state index contributed by atoms with van der Waals surface area (Å²) in [5.74, 6) is -1.19. The standard InChI is InChI=1S/C38H45N5O8S/c1-22-23(2)33(24(3)28-15-16-38(4,5)51-32(22)28)52(48,49)42-37(39)40-17-9-14-30(36(46)47)41-34(44)29-13-10-18-43(35(29)45)21-27-19-25-11-7-8-12-26(25)20-31(27)50-6/h7-8,10-13,18-20,30H,9,14-17,21H2,1-6H3,(H,41,44)(H,46,47)(H3,39,40,42)/t30-/m0/s1. The van der Waals surface area contributed by atoms with Gasteiger partial charge in [-0.25, -0.2) is 17.9 Å². The second-order valence-electron chi connectivity index (χ2n) is 13.6. The van der Waals surface area contributed by atoms with Gasteiger partial charge in [-0.3, -0.25) is 14.6 Å². The summed E-state index contributed by atoms with van der Waals surface area (Å²) in [5, 5.41) is 14.2. The molecule has 0 aliphatic carbocycles. The van der Waals surface area contributed by atoms with Crippen LogP contribution < -0.4 is 30.8 Å². The van der Waals surface area contributed by atoms with Crippen LogP contribution in [-0.4, -0.2) is 61.2 Å². The number of benzene rings is 3. The number of sulfonamides is 1. The number of aliphatic carboxylic acids is 1. The molecular weight excluding hydrogens is 687 g/mol. The van der Waals surface area contributed by atoms with Crippen molar-refractivity contribution in [2.45, 2.75) is 83.4 Å². The van der Waals surface area contributed by atoms with Gasteiger partial charge in [0.25, 0.3) is 21.5 Å². The quantitative estimate of drug-likeness (QED) is 0.0933. The minimum atomic E-state index is -4.11. The number of fused-ring (bicyclic) bond motifs is 2. The van der Waals surface area contributed by atoms with Crippen molar-refractivity contribution in [1.29, 1.82) is 0 Å². The fraction of sp³-hybridized carbons (Fsp3) is 0.368. The zero-order valence-corrected chi connectivity index (χ0v) is 31.0. The predicted molar refractivity (Wildman–Crippen MR) is 199 cm³/mol. The first kappa shape index (κ1) is 37.9. The Labute approximate surface area is 302 Å². The number of guanidine groups is 1. The third-order valence-corrected chi connectivity index (χ3v) is 11.1. The van der Waals surface area contributed by atoms with Crippen LogP contribution in [0.1, 0.15) is 71.3 Å². The van der Waals surface area contributed by atoms with E-state index in [4.69, 9.17) is 15.2 Å². The lowest BCUT2D eigenvalue weighted by molar-refractivity contribution is -0.139. The van der Waals surface area contributed by atoms with Crippen molar-refractivity contribution in [3.8, 4) is 11.5 Å². The van der Waals surface area contributed by atoms with Crippen LogP contribution >= 0.6 is 0 Å². The van der Waals surface area contributed by atoms with Gasteiger partial charge in [-0.2, -0.15) is 0 Å². The largest absolute Gasteiger partial charge is 0.496 e. The van der Waals surface area contributed by atoms with Crippen molar-refractivity contribution in [2.24, 2.45) is 10.7 Å². The first-order chi connectivity index (χ1) is 24.5. The number of carbonyl (C=O) groups is 2. The topological polar surface area (TPSA) is 191 Å². The highest BCUT2D eigenvalue weighted by atomic mass is 32.2. The van der Waals surface area contributed by atoms with Gasteiger partial charge in [-0.1, -0.05) is 24.3 Å². The molecule has 1 atom stereocenters. The Kier molecular flexibility index (Phi) is 11.0. The molecule has 3 aromatic carbocycles. The molecule has 1 aliphatic heterocycles. The van der Waals surface area contributed by atoms with Gasteiger partial charge in [-0.15, -0.1) is 0 Å². The average Bonchev–Trinajstić information content (AvgIpc) is 3.08. The first-order valence-electron chi connectivity index (χ1n) is 17.0. The number of nitrogens with two attached hydrogens (primary N) is 1. The Bertz CT molecular complexity index is 2240. The number of rotatable bonds is 12. The van der Waals surface area contributed by atoms with E-state index in [2.05, 4.69) is 15.0 Å². The number of ether oxygens (including phenoxy) is 2. The van der Waals surface area contributed by atoms with E-state index < -0.39 is 33.5 Å². The van der Waals surface area contributed by atoms with E-state index in [1.54, 1.807) is 33.2 Å². The molecule has 14 heteroatoms. The molecule has 0 spiro atoms. The van der Waals surface area contributed by atoms with Gasteiger partial charge in [0.1, 0.15) is 28.7 Å². The Hall–Kier alpha value is -5.37. The van der Waals surface area contributed by atoms with Gasteiger partial charge in [0.15, 0.2) is 0 Å². The zero-order chi connectivity index (χ0) is 38.0. The van der Waals surface area contributed by atoms with E-state index in [1.807, 2.05) is 57.2 Å². The van der Waals surface area contributed by atoms with Gasteiger partial charge in [-0.05, 0) is 118 Å². The summed E-state index contributed by atoms with van der Waals surface area (Å²) in [5.41, 5.74) is 8.26. The number of hydrogen-bond donors (Lipinski definition) is 4. The van der Waals surface area contributed by atoms with E-state index in [1.165, 1.54) is 10.6 Å². The highest BCUT2D eigenvalue weighted by molar-refractivity contribution is 7.90. The van der Waals surface area contributed by atoms with E-state index in [-0.39, 0.29) is 48.0 Å². The number of amides is 1. The normalized spacial score (nSPS) is 14.6. The Morgan fingerprint density at radius 3 is 2.44 bits per heavy atom. The van der Waals surface area contributed by atoms with Crippen molar-refractivity contribution in [1.82, 2.24) is 14.6 Å². The Morgan fingerprint density at radius 2 is 1.77 bits per heavy atom. The summed E-state index contributed by atoms with van der Waals surface area (Å²) in [7, 11) is -2.57. The smallest absolute Gasteiger partial charge is 0.326 e. The molecule has 13 nitrogen and oxygen atoms in total. The van der Waals surface area contributed by atoms with Gasteiger partial charge in [0, 0.05) is 18.3 Å². The van der Waals surface area contributed by atoms with Gasteiger partial charge < -0.3 is 30.2 Å². The van der Waals surface area contributed by atoms with Crippen LogP contribution in [0, 0.1) is 20.8 Å². The number of carbonyl (C=O) groups excluding carboxylic acids is 1. The number of methoxy groups -OCH3 is 1. The number of pyridine rings is 1. The fourth-order valence-electron chi connectivity index (χ4n) is 6.56. The molecule has 0 fully saturated rings. The summed E-state index contributed by atoms with van der Waals surface area (Å²) < 4.78 is 42.5. The summed E-state index contributed by atoms with van der Waals surface area (Å²) in [4.78, 5) is 42.8. The molecule has 1 aromatic heterocycles. The van der Waals surface area contributed by atoms with Crippen LogP contribution in [0.15, 0.2) is 69.4 Å². The monoisotopic (exact) mass is 731 g/mol. The fourth-order valence-corrected chi connectivity index (χ4v) is 8.08. The molecule has 5 N–H and O–H groups in total. The number of carboxylic acids is 1. The maximum absolute atomic E-state index is 13.5. The number of nitrogens with one attached hydrogen (secondary N) is 2. The molecule has 0 radical (unpaired) electrons. The van der Waals surface area contributed by atoms with Crippen LogP contribution in [0.2, 0.25) is 0 Å². The van der Waals surface area contributed by atoms with Gasteiger partial charge in [0.05, 0.1) is 18.6 Å². The number of carboxylic acid groups (broad SMARTS) is 1. The van der Waals surface area contributed by atoms with Crippen LogP contribution in [0.5, 0.6) is 11.5 Å². The summed E-state index contributed by atoms with van der Waals surface area (Å²) >= 11 is 0. The third-order valence-electron chi connectivity index (χ3n) is 9.46. The van der Waals surface area contributed by atoms with Crippen molar-refractivity contribution < 1.29 is 32.6 Å². The molecule has 4 aromatic rings. The maximum Gasteiger partial charge on any atom is 0.326 e. The van der Waals surface area contributed by atoms with E-state index >= 15 is 0 Å². The summed E-state index contributed by atoms with van der Waals surface area (Å²) in [6.07, 6.45) is 3.04. The van der Waals surface area contributed by atoms with Gasteiger partial charge >= 0.3 is 5.97 Å². The minimum Gasteiger partial charge on any atom is -0.496 e. The average molecular weight is 732 g/mol. The second kappa shape index (κ2) is 15.1. The Morgan fingerprint density at radius 1 is 1.08 bits per heavy atom. The SMILES string of the molecule is COc1cc2ccccc2cc1Cn1cccc(C(=O)N[C@@H](CCCN=C(N)NS(=O)(=O)c2c(C)c(C)c3c(c2C)CCC(C)(C)O3)C(=O)O)c1=O. The molecule has 0 unspecified atom stereocenters. The van der Waals surface area contributed by atoms with E-state index in [9.17, 15) is 27.9 Å². The summed E-state index contributed by atoms with van der Waals surface area (Å²) in [6.45, 7) is 9.41. The lowest BCUT2D eigenvalue weighted by Gasteiger charge is -2.35. The zero-order valence-electron chi connectivity index (χ0n) is 30.2. The highest BCUT2D eigenvalue weighted by Crippen LogP contribution is 2.42. The van der Waals surface area contributed by atoms with Crippen molar-refractivity contribution in [3.05, 3.63) is 98.5 Å². The van der Waals surface area contributed by atoms with Crippen molar-refractivity contribution >= 4 is 38.6 Å². The number of aromatic nitrogens is 1. The molecule has 2 heterocycles. The van der Waals surface area contributed by atoms with Crippen molar-refractivity contribution in [3.63, 3.8) is 0 Å². The van der Waals surface area contributed by atoms with Crippen LogP contribution in [-0.2, 0) is 27.8 Å². The molecular formula is C38H45N5O8S.